The Kier molecular flexibility index (Phi) is 4.20. The van der Waals surface area contributed by atoms with Gasteiger partial charge in [-0.2, -0.15) is 0 Å². The highest BCUT2D eigenvalue weighted by atomic mass is 19.1. The van der Waals surface area contributed by atoms with E-state index in [9.17, 15) is 14.0 Å². The smallest absolute Gasteiger partial charge is 0.353 e. The van der Waals surface area contributed by atoms with Gasteiger partial charge < -0.3 is 10.2 Å². The molecule has 0 bridgehead atoms. The maximum Gasteiger partial charge on any atom is 0.353 e. The Morgan fingerprint density at radius 1 is 1.12 bits per heavy atom. The lowest BCUT2D eigenvalue weighted by Crippen LogP contribution is -2.42. The van der Waals surface area contributed by atoms with E-state index in [4.69, 9.17) is 10.2 Å². The quantitative estimate of drug-likeness (QED) is 0.744. The second-order valence-corrected chi connectivity index (χ2v) is 3.75. The Morgan fingerprint density at radius 3 is 2.12 bits per heavy atom. The van der Waals surface area contributed by atoms with Gasteiger partial charge >= 0.3 is 17.6 Å². The Labute approximate surface area is 97.7 Å². The first-order valence-corrected chi connectivity index (χ1v) is 5.16. The number of hydrogen-bond acceptors (Lipinski definition) is 2. The lowest BCUT2D eigenvalue weighted by Gasteiger charge is -2.15. The molecule has 0 heterocycles. The number of aliphatic carboxylic acids is 2. The van der Waals surface area contributed by atoms with Gasteiger partial charge in [-0.05, 0) is 18.4 Å². The second kappa shape index (κ2) is 5.43. The van der Waals surface area contributed by atoms with Crippen LogP contribution < -0.4 is 0 Å². The third-order valence-corrected chi connectivity index (χ3v) is 2.51. The zero-order valence-corrected chi connectivity index (χ0v) is 9.10. The molecule has 5 heteroatoms. The molecular weight excluding hydrogens is 227 g/mol. The van der Waals surface area contributed by atoms with Gasteiger partial charge in [-0.3, -0.25) is 0 Å². The topological polar surface area (TPSA) is 74.6 Å². The van der Waals surface area contributed by atoms with Crippen LogP contribution in [0.15, 0.2) is 30.3 Å². The lowest BCUT2D eigenvalue weighted by atomic mass is 9.97. The summed E-state index contributed by atoms with van der Waals surface area (Å²) in [6.07, 6.45) is 0.0821. The van der Waals surface area contributed by atoms with Crippen molar-refractivity contribution in [3.8, 4) is 0 Å². The molecule has 0 saturated carbocycles. The molecule has 0 aliphatic rings. The van der Waals surface area contributed by atoms with E-state index in [0.717, 1.165) is 5.56 Å². The van der Waals surface area contributed by atoms with Crippen molar-refractivity contribution in [1.29, 1.82) is 0 Å². The van der Waals surface area contributed by atoms with Crippen LogP contribution >= 0.6 is 0 Å². The second-order valence-electron chi connectivity index (χ2n) is 3.75. The number of halogens is 1. The molecule has 2 N–H and O–H groups in total. The summed E-state index contributed by atoms with van der Waals surface area (Å²) in [5.41, 5.74) is -2.26. The summed E-state index contributed by atoms with van der Waals surface area (Å²) >= 11 is 0. The highest BCUT2D eigenvalue weighted by Crippen LogP contribution is 2.20. The van der Waals surface area contributed by atoms with Gasteiger partial charge in [0.05, 0.1) is 0 Å². The highest BCUT2D eigenvalue weighted by Gasteiger charge is 2.46. The van der Waals surface area contributed by atoms with Crippen LogP contribution in [0.4, 0.5) is 4.39 Å². The third-order valence-electron chi connectivity index (χ3n) is 2.51. The average molecular weight is 240 g/mol. The first-order chi connectivity index (χ1) is 7.97. The van der Waals surface area contributed by atoms with Gasteiger partial charge in [0.2, 0.25) is 0 Å². The first kappa shape index (κ1) is 13.2. The molecule has 0 unspecified atom stereocenters. The predicted octanol–water partition coefficient (Wildman–Crippen LogP) is 1.89. The largest absolute Gasteiger partial charge is 0.478 e. The van der Waals surface area contributed by atoms with Gasteiger partial charge in [-0.25, -0.2) is 14.0 Å². The SMILES string of the molecule is O=C(O)C(F)(CCCc1ccccc1)C(=O)O. The van der Waals surface area contributed by atoms with Crippen molar-refractivity contribution in [2.75, 3.05) is 0 Å². The Morgan fingerprint density at radius 2 is 1.65 bits per heavy atom. The third kappa shape index (κ3) is 3.27. The zero-order valence-electron chi connectivity index (χ0n) is 9.10. The molecule has 0 aromatic heterocycles. The first-order valence-electron chi connectivity index (χ1n) is 5.16. The number of aryl methyl sites for hydroxylation is 1. The molecule has 0 radical (unpaired) electrons. The van der Waals surface area contributed by atoms with Gasteiger partial charge in [0.25, 0.3) is 0 Å². The van der Waals surface area contributed by atoms with Crippen molar-refractivity contribution in [2.24, 2.45) is 0 Å². The summed E-state index contributed by atoms with van der Waals surface area (Å²) in [6.45, 7) is 0. The van der Waals surface area contributed by atoms with Gasteiger partial charge in [-0.15, -0.1) is 0 Å². The predicted molar refractivity (Wildman–Crippen MR) is 58.5 cm³/mol. The van der Waals surface area contributed by atoms with Crippen molar-refractivity contribution in [3.63, 3.8) is 0 Å². The molecule has 0 aliphatic heterocycles. The van der Waals surface area contributed by atoms with Crippen LogP contribution in [0.2, 0.25) is 0 Å². The normalized spacial score (nSPS) is 11.1. The molecule has 1 aromatic rings. The van der Waals surface area contributed by atoms with Crippen molar-refractivity contribution >= 4 is 11.9 Å². The van der Waals surface area contributed by atoms with Crippen molar-refractivity contribution < 1.29 is 24.2 Å². The molecule has 4 nitrogen and oxygen atoms in total. The van der Waals surface area contributed by atoms with E-state index >= 15 is 0 Å². The molecule has 0 atom stereocenters. The number of alkyl halides is 1. The molecule has 17 heavy (non-hydrogen) atoms. The van der Waals surface area contributed by atoms with Gasteiger partial charge in [-0.1, -0.05) is 30.3 Å². The number of hydrogen-bond donors (Lipinski definition) is 2. The summed E-state index contributed by atoms with van der Waals surface area (Å²) in [5.74, 6) is -3.89. The summed E-state index contributed by atoms with van der Waals surface area (Å²) < 4.78 is 13.5. The number of carboxylic acid groups (broad SMARTS) is 2. The molecule has 0 spiro atoms. The minimum Gasteiger partial charge on any atom is -0.478 e. The molecule has 0 amide bonds. The van der Waals surface area contributed by atoms with E-state index in [2.05, 4.69) is 0 Å². The van der Waals surface area contributed by atoms with Crippen LogP contribution in [-0.2, 0) is 16.0 Å². The van der Waals surface area contributed by atoms with Crippen molar-refractivity contribution in [3.05, 3.63) is 35.9 Å². The summed E-state index contributed by atoms with van der Waals surface area (Å²) in [7, 11) is 0. The Bertz CT molecular complexity index is 388. The Hall–Kier alpha value is -1.91. The summed E-state index contributed by atoms with van der Waals surface area (Å²) in [4.78, 5) is 21.1. The van der Waals surface area contributed by atoms with Crippen LogP contribution in [-0.4, -0.2) is 27.8 Å². The van der Waals surface area contributed by atoms with Crippen LogP contribution in [0.25, 0.3) is 0 Å². The summed E-state index contributed by atoms with van der Waals surface area (Å²) in [6, 6.07) is 9.10. The fourth-order valence-electron chi connectivity index (χ4n) is 1.49. The maximum atomic E-state index is 13.5. The van der Waals surface area contributed by atoms with E-state index < -0.39 is 24.0 Å². The molecule has 0 aliphatic carbocycles. The fourth-order valence-corrected chi connectivity index (χ4v) is 1.49. The summed E-state index contributed by atoms with van der Waals surface area (Å²) in [5, 5.41) is 17.1. The monoisotopic (exact) mass is 240 g/mol. The van der Waals surface area contributed by atoms with E-state index in [1.807, 2.05) is 30.3 Å². The van der Waals surface area contributed by atoms with Crippen LogP contribution in [0, 0.1) is 0 Å². The van der Waals surface area contributed by atoms with Gasteiger partial charge in [0.15, 0.2) is 0 Å². The van der Waals surface area contributed by atoms with Gasteiger partial charge in [0.1, 0.15) is 0 Å². The molecule has 0 saturated heterocycles. The van der Waals surface area contributed by atoms with Crippen LogP contribution in [0.1, 0.15) is 18.4 Å². The molecule has 0 fully saturated rings. The average Bonchev–Trinajstić information content (AvgIpc) is 2.29. The molecule has 1 rings (SSSR count). The van der Waals surface area contributed by atoms with E-state index in [0.29, 0.717) is 6.42 Å². The van der Waals surface area contributed by atoms with Crippen LogP contribution in [0.5, 0.6) is 0 Å². The molecular formula is C12H13FO4. The highest BCUT2D eigenvalue weighted by molar-refractivity contribution is 6.01. The molecule has 1 aromatic carbocycles. The van der Waals surface area contributed by atoms with E-state index in [1.165, 1.54) is 0 Å². The van der Waals surface area contributed by atoms with Gasteiger partial charge in [0, 0.05) is 6.42 Å². The standard InChI is InChI=1S/C12H13FO4/c13-12(10(14)15,11(16)17)8-4-7-9-5-2-1-3-6-9/h1-3,5-6H,4,7-8H2,(H,14,15)(H,16,17). The Balaban J connectivity index is 2.55. The lowest BCUT2D eigenvalue weighted by molar-refractivity contribution is -0.167. The van der Waals surface area contributed by atoms with Crippen molar-refractivity contribution in [2.45, 2.75) is 24.9 Å². The number of benzene rings is 1. The maximum absolute atomic E-state index is 13.5. The number of carboxylic acids is 2. The fraction of sp³-hybridized carbons (Fsp3) is 0.333. The van der Waals surface area contributed by atoms with E-state index in [1.54, 1.807) is 0 Å². The minimum atomic E-state index is -3.19. The number of carbonyl (C=O) groups is 2. The minimum absolute atomic E-state index is 0.166. The van der Waals surface area contributed by atoms with E-state index in [-0.39, 0.29) is 6.42 Å². The zero-order chi connectivity index (χ0) is 12.9. The van der Waals surface area contributed by atoms with Crippen molar-refractivity contribution in [1.82, 2.24) is 0 Å². The van der Waals surface area contributed by atoms with Crippen LogP contribution in [0.3, 0.4) is 0 Å². The number of rotatable bonds is 6. The molecule has 92 valence electrons.